The van der Waals surface area contributed by atoms with Crippen LogP contribution in [0.2, 0.25) is 0 Å². The van der Waals surface area contributed by atoms with E-state index < -0.39 is 46.8 Å². The summed E-state index contributed by atoms with van der Waals surface area (Å²) in [6.07, 6.45) is -6.14. The van der Waals surface area contributed by atoms with Crippen molar-refractivity contribution in [1.29, 1.82) is 5.26 Å². The van der Waals surface area contributed by atoms with E-state index in [0.29, 0.717) is 6.07 Å². The van der Waals surface area contributed by atoms with Crippen molar-refractivity contribution in [1.82, 2.24) is 19.5 Å². The summed E-state index contributed by atoms with van der Waals surface area (Å²) in [5.74, 6) is -1.91. The Morgan fingerprint density at radius 2 is 1.78 bits per heavy atom. The summed E-state index contributed by atoms with van der Waals surface area (Å²) in [6.45, 7) is 1.46. The van der Waals surface area contributed by atoms with Crippen LogP contribution >= 0.6 is 0 Å². The number of hydrogen-bond donors (Lipinski definition) is 3. The molecule has 2 heterocycles. The number of nitrogens with two attached hydrogens (primary N) is 2. The lowest BCUT2D eigenvalue weighted by molar-refractivity contribution is 0.151. The molecule has 4 rings (SSSR count). The third-order valence-corrected chi connectivity index (χ3v) is 5.41. The Morgan fingerprint density at radius 1 is 1.05 bits per heavy atom. The zero-order valence-electron chi connectivity index (χ0n) is 18.9. The van der Waals surface area contributed by atoms with Gasteiger partial charge in [-0.25, -0.2) is 26.9 Å². The van der Waals surface area contributed by atoms with E-state index in [1.165, 1.54) is 19.1 Å². The number of nitrogens with one attached hydrogen (secondary N) is 1. The number of nitriles is 1. The summed E-state index contributed by atoms with van der Waals surface area (Å²) < 4.78 is 69.4. The van der Waals surface area contributed by atoms with Crippen molar-refractivity contribution >= 4 is 28.5 Å². The number of rotatable bonds is 6. The van der Waals surface area contributed by atoms with Gasteiger partial charge in [-0.05, 0) is 31.2 Å². The normalized spacial score (nSPS) is 12.2. The third-order valence-electron chi connectivity index (χ3n) is 5.41. The van der Waals surface area contributed by atoms with Crippen molar-refractivity contribution in [2.24, 2.45) is 0 Å². The van der Waals surface area contributed by atoms with Crippen molar-refractivity contribution in [3.63, 3.8) is 0 Å². The third kappa shape index (κ3) is 4.70. The van der Waals surface area contributed by atoms with Crippen molar-refractivity contribution < 1.29 is 22.0 Å². The molecule has 0 aliphatic heterocycles. The summed E-state index contributed by atoms with van der Waals surface area (Å²) >= 11 is 0. The number of alkyl halides is 4. The quantitative estimate of drug-likeness (QED) is 0.319. The lowest BCUT2D eigenvalue weighted by atomic mass is 10.1. The fourth-order valence-electron chi connectivity index (χ4n) is 3.83. The molecule has 0 radical (unpaired) electrons. The van der Waals surface area contributed by atoms with Crippen LogP contribution in [0.1, 0.15) is 48.3 Å². The van der Waals surface area contributed by atoms with E-state index in [0.717, 1.165) is 22.8 Å². The van der Waals surface area contributed by atoms with E-state index in [1.807, 2.05) is 6.07 Å². The van der Waals surface area contributed by atoms with Gasteiger partial charge in [-0.2, -0.15) is 15.2 Å². The molecule has 1 atom stereocenters. The molecule has 0 spiro atoms. The number of halogens is 5. The monoisotopic (exact) mass is 516 g/mol. The number of hydrogen-bond acceptors (Lipinski definition) is 8. The van der Waals surface area contributed by atoms with E-state index >= 15 is 0 Å². The maximum absolute atomic E-state index is 14.3. The van der Waals surface area contributed by atoms with E-state index in [-0.39, 0.29) is 40.2 Å². The minimum atomic E-state index is -3.08. The smallest absolute Gasteiger partial charge is 0.266 e. The van der Waals surface area contributed by atoms with E-state index in [2.05, 4.69) is 20.3 Å². The second-order valence-electron chi connectivity index (χ2n) is 7.86. The van der Waals surface area contributed by atoms with Gasteiger partial charge in [0.15, 0.2) is 5.82 Å². The van der Waals surface area contributed by atoms with Crippen LogP contribution < -0.4 is 22.3 Å². The maximum atomic E-state index is 14.3. The molecule has 4 aromatic rings. The predicted octanol–water partition coefficient (Wildman–Crippen LogP) is 4.40. The van der Waals surface area contributed by atoms with Crippen LogP contribution in [0.15, 0.2) is 41.2 Å². The van der Waals surface area contributed by atoms with Gasteiger partial charge >= 0.3 is 0 Å². The molecule has 0 amide bonds. The standard InChI is InChI=1S/C23H17F5N8O/c1-9(32-20-14(8-29)19(30)34-23(31)35-20)21-33-15-4-2-3-13(18(27)28)16(15)22(37)36(21)12-6-10(17(25)26)5-11(24)7-12/h2-7,9,17-18H,1H3,(H5,30,31,32,34,35)/t9-/m0/s1. The molecule has 5 N–H and O–H groups in total. The first kappa shape index (κ1) is 25.3. The topological polar surface area (TPSA) is 149 Å². The molecule has 0 aliphatic carbocycles. The van der Waals surface area contributed by atoms with Gasteiger partial charge in [0.25, 0.3) is 18.4 Å². The van der Waals surface area contributed by atoms with Gasteiger partial charge in [0.1, 0.15) is 29.1 Å². The summed E-state index contributed by atoms with van der Waals surface area (Å²) in [7, 11) is 0. The molecule has 0 unspecified atom stereocenters. The molecule has 37 heavy (non-hydrogen) atoms. The summed E-state index contributed by atoms with van der Waals surface area (Å²) in [4.78, 5) is 25.5. The Labute approximate surface area is 205 Å². The van der Waals surface area contributed by atoms with Crippen molar-refractivity contribution in [2.45, 2.75) is 25.8 Å². The molecular weight excluding hydrogens is 499 g/mol. The number of nitrogens with zero attached hydrogens (tertiary/aromatic N) is 5. The molecule has 9 nitrogen and oxygen atoms in total. The Balaban J connectivity index is 2.02. The van der Waals surface area contributed by atoms with Gasteiger partial charge in [-0.3, -0.25) is 9.36 Å². The Morgan fingerprint density at radius 3 is 2.43 bits per heavy atom. The Kier molecular flexibility index (Phi) is 6.62. The van der Waals surface area contributed by atoms with Gasteiger partial charge < -0.3 is 16.8 Å². The molecule has 0 bridgehead atoms. The molecular formula is C23H17F5N8O. The second-order valence-corrected chi connectivity index (χ2v) is 7.86. The van der Waals surface area contributed by atoms with Gasteiger partial charge in [0.2, 0.25) is 5.95 Å². The van der Waals surface area contributed by atoms with Crippen LogP contribution in [0.3, 0.4) is 0 Å². The summed E-state index contributed by atoms with van der Waals surface area (Å²) in [5, 5.41) is 11.8. The fraction of sp³-hybridized carbons (Fsp3) is 0.174. The van der Waals surface area contributed by atoms with Crippen LogP contribution in [0.4, 0.5) is 39.5 Å². The van der Waals surface area contributed by atoms with Gasteiger partial charge in [0.05, 0.1) is 22.6 Å². The lowest BCUT2D eigenvalue weighted by Gasteiger charge is -2.21. The number of aromatic nitrogens is 4. The Hall–Kier alpha value is -4.80. The van der Waals surface area contributed by atoms with E-state index in [4.69, 9.17) is 11.5 Å². The summed E-state index contributed by atoms with van der Waals surface area (Å²) in [5.41, 5.74) is 8.26. The number of benzene rings is 2. The number of nitrogen functional groups attached to an aromatic ring is 2. The van der Waals surface area contributed by atoms with Crippen LogP contribution in [0.25, 0.3) is 16.6 Å². The highest BCUT2D eigenvalue weighted by Gasteiger charge is 2.24. The van der Waals surface area contributed by atoms with Gasteiger partial charge in [-0.15, -0.1) is 0 Å². The molecule has 0 saturated carbocycles. The molecule has 0 aliphatic rings. The number of fused-ring (bicyclic) bond motifs is 1. The first-order chi connectivity index (χ1) is 17.5. The van der Waals surface area contributed by atoms with Crippen molar-refractivity contribution in [3.05, 3.63) is 75.1 Å². The highest BCUT2D eigenvalue weighted by atomic mass is 19.3. The highest BCUT2D eigenvalue weighted by molar-refractivity contribution is 5.82. The van der Waals surface area contributed by atoms with E-state index in [1.54, 1.807) is 0 Å². The van der Waals surface area contributed by atoms with Crippen molar-refractivity contribution in [2.75, 3.05) is 16.8 Å². The predicted molar refractivity (Wildman–Crippen MR) is 125 cm³/mol. The first-order valence-corrected chi connectivity index (χ1v) is 10.5. The van der Waals surface area contributed by atoms with Crippen LogP contribution in [-0.4, -0.2) is 19.5 Å². The molecule has 2 aromatic carbocycles. The van der Waals surface area contributed by atoms with Crippen molar-refractivity contribution in [3.8, 4) is 11.8 Å². The molecule has 14 heteroatoms. The average molecular weight is 516 g/mol. The fourth-order valence-corrected chi connectivity index (χ4v) is 3.83. The maximum Gasteiger partial charge on any atom is 0.266 e. The van der Waals surface area contributed by atoms with Gasteiger partial charge in [-0.1, -0.05) is 12.1 Å². The van der Waals surface area contributed by atoms with Crippen LogP contribution in [0.5, 0.6) is 0 Å². The molecule has 0 fully saturated rings. The number of anilines is 3. The molecule has 2 aromatic heterocycles. The second kappa shape index (κ2) is 9.69. The highest BCUT2D eigenvalue weighted by Crippen LogP contribution is 2.30. The van der Waals surface area contributed by atoms with E-state index in [9.17, 15) is 32.0 Å². The minimum Gasteiger partial charge on any atom is -0.382 e. The largest absolute Gasteiger partial charge is 0.382 e. The SMILES string of the molecule is C[C@H](Nc1nc(N)nc(N)c1C#N)c1nc2cccc(C(F)F)c2c(=O)n1-c1cc(F)cc(C(F)F)c1. The molecule has 190 valence electrons. The van der Waals surface area contributed by atoms with Gasteiger partial charge in [0, 0.05) is 11.1 Å². The average Bonchev–Trinajstić information content (AvgIpc) is 2.82. The summed E-state index contributed by atoms with van der Waals surface area (Å²) in [6, 6.07) is 6.64. The minimum absolute atomic E-state index is 0.115. The zero-order valence-corrected chi connectivity index (χ0v) is 18.9. The first-order valence-electron chi connectivity index (χ1n) is 10.5. The molecule has 0 saturated heterocycles. The lowest BCUT2D eigenvalue weighted by Crippen LogP contribution is -2.28. The van der Waals surface area contributed by atoms with Crippen LogP contribution in [0, 0.1) is 17.1 Å². The Bertz CT molecular complexity index is 1620. The zero-order chi connectivity index (χ0) is 27.0. The van der Waals surface area contributed by atoms with Crippen LogP contribution in [-0.2, 0) is 0 Å².